The molecular formula is C25H19BrN2O4. The van der Waals surface area contributed by atoms with Gasteiger partial charge in [0.2, 0.25) is 5.88 Å². The molecule has 32 heavy (non-hydrogen) atoms. The monoisotopic (exact) mass is 490 g/mol. The Balaban J connectivity index is 1.68. The van der Waals surface area contributed by atoms with Crippen molar-refractivity contribution in [3.05, 3.63) is 99.3 Å². The average Bonchev–Trinajstić information content (AvgIpc) is 2.78. The first kappa shape index (κ1) is 21.5. The van der Waals surface area contributed by atoms with Gasteiger partial charge in [-0.25, -0.2) is 4.79 Å². The van der Waals surface area contributed by atoms with Gasteiger partial charge in [0.05, 0.1) is 12.5 Å². The van der Waals surface area contributed by atoms with Gasteiger partial charge in [0.1, 0.15) is 34.5 Å². The van der Waals surface area contributed by atoms with Crippen LogP contribution in [0.25, 0.3) is 0 Å². The third kappa shape index (κ3) is 4.18. The van der Waals surface area contributed by atoms with Crippen LogP contribution in [-0.4, -0.2) is 12.6 Å². The van der Waals surface area contributed by atoms with Crippen LogP contribution in [0.3, 0.4) is 0 Å². The summed E-state index contributed by atoms with van der Waals surface area (Å²) in [6.07, 6.45) is 0. The Hall–Kier alpha value is -3.76. The zero-order chi connectivity index (χ0) is 22.7. The van der Waals surface area contributed by atoms with E-state index in [-0.39, 0.29) is 5.88 Å². The lowest BCUT2D eigenvalue weighted by Gasteiger charge is -2.26. The summed E-state index contributed by atoms with van der Waals surface area (Å²) in [7, 11) is 0. The van der Waals surface area contributed by atoms with Gasteiger partial charge >= 0.3 is 5.97 Å². The minimum Gasteiger partial charge on any atom is -0.493 e. The Morgan fingerprint density at radius 2 is 1.97 bits per heavy atom. The van der Waals surface area contributed by atoms with Crippen molar-refractivity contribution in [3.8, 4) is 23.3 Å². The number of para-hydroxylation sites is 1. The number of hydrogen-bond acceptors (Lipinski definition) is 6. The van der Waals surface area contributed by atoms with Crippen molar-refractivity contribution in [1.82, 2.24) is 0 Å². The average molecular weight is 491 g/mol. The molecule has 1 aliphatic rings. The van der Waals surface area contributed by atoms with Crippen LogP contribution in [0.4, 0.5) is 0 Å². The molecule has 0 aliphatic carbocycles. The molecule has 4 rings (SSSR count). The number of fused-ring (bicyclic) bond motifs is 1. The van der Waals surface area contributed by atoms with E-state index in [0.29, 0.717) is 35.0 Å². The highest BCUT2D eigenvalue weighted by atomic mass is 79.9. The predicted octanol–water partition coefficient (Wildman–Crippen LogP) is 5.29. The molecule has 0 radical (unpaired) electrons. The van der Waals surface area contributed by atoms with Gasteiger partial charge in [-0.1, -0.05) is 46.3 Å². The maximum Gasteiger partial charge on any atom is 0.347 e. The fraction of sp³-hybridized carbons (Fsp3) is 0.120. The molecule has 6 nitrogen and oxygen atoms in total. The molecule has 7 heteroatoms. The fourth-order valence-corrected chi connectivity index (χ4v) is 4.02. The number of nitriles is 1. The number of halogens is 1. The first-order valence-electron chi connectivity index (χ1n) is 9.92. The summed E-state index contributed by atoms with van der Waals surface area (Å²) in [5.74, 6) is 0.250. The Morgan fingerprint density at radius 3 is 2.72 bits per heavy atom. The number of benzene rings is 3. The molecule has 2 N–H and O–H groups in total. The first-order chi connectivity index (χ1) is 15.5. The Labute approximate surface area is 194 Å². The van der Waals surface area contributed by atoms with Gasteiger partial charge in [-0.15, -0.1) is 0 Å². The van der Waals surface area contributed by atoms with Crippen molar-refractivity contribution in [2.24, 2.45) is 5.73 Å². The van der Waals surface area contributed by atoms with E-state index in [9.17, 15) is 10.1 Å². The number of carbonyl (C=O) groups is 1. The summed E-state index contributed by atoms with van der Waals surface area (Å²) in [6, 6.07) is 21.8. The number of allylic oxidation sites excluding steroid dienone is 1. The van der Waals surface area contributed by atoms with E-state index >= 15 is 0 Å². The van der Waals surface area contributed by atoms with E-state index in [2.05, 4.69) is 22.0 Å². The molecule has 1 heterocycles. The molecule has 0 aromatic heterocycles. The first-order valence-corrected chi connectivity index (χ1v) is 10.7. The SMILES string of the molecule is CCOc1ccccc1C(=O)Oc1ccc2c(c1)OC(N)=C(C#N)C2c1cccc(Br)c1. The number of carbonyl (C=O) groups excluding carboxylic acids is 1. The number of hydrogen-bond donors (Lipinski definition) is 1. The van der Waals surface area contributed by atoms with E-state index in [1.165, 1.54) is 0 Å². The molecule has 3 aromatic rings. The fourth-order valence-electron chi connectivity index (χ4n) is 3.61. The lowest BCUT2D eigenvalue weighted by atomic mass is 9.83. The van der Waals surface area contributed by atoms with Crippen LogP contribution < -0.4 is 19.9 Å². The largest absolute Gasteiger partial charge is 0.493 e. The van der Waals surface area contributed by atoms with Crippen molar-refractivity contribution in [2.45, 2.75) is 12.8 Å². The normalized spacial score (nSPS) is 14.7. The van der Waals surface area contributed by atoms with Crippen molar-refractivity contribution in [3.63, 3.8) is 0 Å². The quantitative estimate of drug-likeness (QED) is 0.385. The van der Waals surface area contributed by atoms with Crippen LogP contribution in [0.5, 0.6) is 17.2 Å². The highest BCUT2D eigenvalue weighted by Gasteiger charge is 2.31. The van der Waals surface area contributed by atoms with Crippen LogP contribution in [0, 0.1) is 11.3 Å². The van der Waals surface area contributed by atoms with Crippen LogP contribution in [0.1, 0.15) is 34.3 Å². The van der Waals surface area contributed by atoms with Crippen LogP contribution >= 0.6 is 15.9 Å². The van der Waals surface area contributed by atoms with Gasteiger partial charge < -0.3 is 19.9 Å². The number of nitrogens with zero attached hydrogens (tertiary/aromatic N) is 1. The molecule has 0 amide bonds. The van der Waals surface area contributed by atoms with Crippen molar-refractivity contribution >= 4 is 21.9 Å². The Morgan fingerprint density at radius 1 is 1.16 bits per heavy atom. The molecule has 160 valence electrons. The van der Waals surface area contributed by atoms with Gasteiger partial charge in [0.15, 0.2) is 0 Å². The lowest BCUT2D eigenvalue weighted by Crippen LogP contribution is -2.21. The van der Waals surface area contributed by atoms with Gasteiger partial charge in [-0.05, 0) is 42.8 Å². The summed E-state index contributed by atoms with van der Waals surface area (Å²) in [4.78, 5) is 12.7. The summed E-state index contributed by atoms with van der Waals surface area (Å²) in [5, 5.41) is 9.70. The second-order valence-electron chi connectivity index (χ2n) is 7.00. The number of ether oxygens (including phenoxy) is 3. The minimum absolute atomic E-state index is 0.0233. The van der Waals surface area contributed by atoms with E-state index in [1.807, 2.05) is 31.2 Å². The van der Waals surface area contributed by atoms with E-state index < -0.39 is 11.9 Å². The molecule has 0 saturated carbocycles. The van der Waals surface area contributed by atoms with Crippen molar-refractivity contribution < 1.29 is 19.0 Å². The topological polar surface area (TPSA) is 94.6 Å². The highest BCUT2D eigenvalue weighted by Crippen LogP contribution is 2.43. The molecule has 1 unspecified atom stereocenters. The van der Waals surface area contributed by atoms with E-state index in [1.54, 1.807) is 42.5 Å². The maximum atomic E-state index is 12.7. The molecule has 0 bridgehead atoms. The Bertz CT molecular complexity index is 1260. The maximum absolute atomic E-state index is 12.7. The third-order valence-electron chi connectivity index (χ3n) is 4.99. The second-order valence-corrected chi connectivity index (χ2v) is 7.91. The number of nitrogens with two attached hydrogens (primary N) is 1. The van der Waals surface area contributed by atoms with Gasteiger partial charge in [0.25, 0.3) is 0 Å². The zero-order valence-electron chi connectivity index (χ0n) is 17.2. The van der Waals surface area contributed by atoms with Crippen molar-refractivity contribution in [2.75, 3.05) is 6.61 Å². The third-order valence-corrected chi connectivity index (χ3v) is 5.48. The molecular weight excluding hydrogens is 472 g/mol. The predicted molar refractivity (Wildman–Crippen MR) is 122 cm³/mol. The summed E-state index contributed by atoms with van der Waals surface area (Å²) < 4.78 is 17.7. The molecule has 0 saturated heterocycles. The van der Waals surface area contributed by atoms with Crippen LogP contribution in [-0.2, 0) is 0 Å². The molecule has 0 fully saturated rings. The molecule has 3 aromatic carbocycles. The lowest BCUT2D eigenvalue weighted by molar-refractivity contribution is 0.0730. The molecule has 1 aliphatic heterocycles. The highest BCUT2D eigenvalue weighted by molar-refractivity contribution is 9.10. The summed E-state index contributed by atoms with van der Waals surface area (Å²) >= 11 is 3.47. The second kappa shape index (κ2) is 9.16. The molecule has 1 atom stereocenters. The number of rotatable bonds is 5. The van der Waals surface area contributed by atoms with Gasteiger partial charge in [0, 0.05) is 16.1 Å². The smallest absolute Gasteiger partial charge is 0.347 e. The Kier molecular flexibility index (Phi) is 6.15. The van der Waals surface area contributed by atoms with Gasteiger partial charge in [-0.2, -0.15) is 5.26 Å². The van der Waals surface area contributed by atoms with Crippen molar-refractivity contribution in [1.29, 1.82) is 5.26 Å². The minimum atomic E-state index is -0.547. The van der Waals surface area contributed by atoms with Crippen LogP contribution in [0.15, 0.2) is 82.7 Å². The summed E-state index contributed by atoms with van der Waals surface area (Å²) in [5.41, 5.74) is 8.36. The zero-order valence-corrected chi connectivity index (χ0v) is 18.8. The molecule has 0 spiro atoms. The summed E-state index contributed by atoms with van der Waals surface area (Å²) in [6.45, 7) is 2.28. The van der Waals surface area contributed by atoms with E-state index in [0.717, 1.165) is 15.6 Å². The van der Waals surface area contributed by atoms with Crippen LogP contribution in [0.2, 0.25) is 0 Å². The standard InChI is InChI=1S/C25H19BrN2O4/c1-2-30-21-9-4-3-8-19(21)25(29)31-17-10-11-18-22(13-17)32-24(28)20(14-27)23(18)15-6-5-7-16(26)12-15/h3-13,23H,2,28H2,1H3. The van der Waals surface area contributed by atoms with Gasteiger partial charge in [-0.3, -0.25) is 0 Å². The number of esters is 1. The van der Waals surface area contributed by atoms with E-state index in [4.69, 9.17) is 19.9 Å².